The predicted octanol–water partition coefficient (Wildman–Crippen LogP) is 1.91. The van der Waals surface area contributed by atoms with E-state index in [0.717, 1.165) is 25.2 Å². The van der Waals surface area contributed by atoms with Crippen LogP contribution in [0.3, 0.4) is 0 Å². The van der Waals surface area contributed by atoms with E-state index in [1.807, 2.05) is 6.92 Å². The van der Waals surface area contributed by atoms with Crippen LogP contribution in [0.15, 0.2) is 16.7 Å². The Bertz CT molecular complexity index is 330. The number of hydrogen-bond acceptors (Lipinski definition) is 4. The van der Waals surface area contributed by atoms with Gasteiger partial charge in [-0.1, -0.05) is 17.3 Å². The van der Waals surface area contributed by atoms with Crippen LogP contribution in [0.5, 0.6) is 0 Å². The van der Waals surface area contributed by atoms with Crippen molar-refractivity contribution >= 4 is 0 Å². The molecule has 14 heavy (non-hydrogen) atoms. The van der Waals surface area contributed by atoms with Crippen LogP contribution >= 0.6 is 0 Å². The molecule has 2 rings (SSSR count). The number of nitrogens with two attached hydrogens (primary N) is 1. The van der Waals surface area contributed by atoms with Crippen molar-refractivity contribution in [1.29, 1.82) is 0 Å². The number of hydrogen-bond donors (Lipinski definition) is 1. The van der Waals surface area contributed by atoms with Crippen LogP contribution in [0.25, 0.3) is 0 Å². The van der Waals surface area contributed by atoms with Gasteiger partial charge in [-0.3, -0.25) is 0 Å². The van der Waals surface area contributed by atoms with E-state index in [9.17, 15) is 0 Å². The zero-order valence-electron chi connectivity index (χ0n) is 8.31. The first-order chi connectivity index (χ1) is 6.77. The maximum Gasteiger partial charge on any atom is 0.230 e. The molecule has 0 saturated heterocycles. The standard InChI is InChI=1S/C10H15N3O/c1-7(11)9-12-10(14-13-9)8-5-3-2-4-6-8/h2-3,7-8H,4-6,11H2,1H3. The Kier molecular flexibility index (Phi) is 2.63. The van der Waals surface area contributed by atoms with Gasteiger partial charge in [-0.15, -0.1) is 0 Å². The third kappa shape index (κ3) is 1.85. The van der Waals surface area contributed by atoms with E-state index in [2.05, 4.69) is 22.3 Å². The van der Waals surface area contributed by atoms with E-state index in [0.29, 0.717) is 11.7 Å². The highest BCUT2D eigenvalue weighted by molar-refractivity contribution is 5.03. The summed E-state index contributed by atoms with van der Waals surface area (Å²) in [5, 5.41) is 3.86. The predicted molar refractivity (Wildman–Crippen MR) is 52.6 cm³/mol. The zero-order chi connectivity index (χ0) is 9.97. The second-order valence-corrected chi connectivity index (χ2v) is 3.76. The molecular weight excluding hydrogens is 178 g/mol. The van der Waals surface area contributed by atoms with Gasteiger partial charge in [-0.25, -0.2) is 0 Å². The second-order valence-electron chi connectivity index (χ2n) is 3.76. The molecule has 0 bridgehead atoms. The van der Waals surface area contributed by atoms with E-state index in [1.54, 1.807) is 0 Å². The van der Waals surface area contributed by atoms with Crippen LogP contribution in [0.1, 0.15) is 49.9 Å². The molecule has 1 aliphatic carbocycles. The monoisotopic (exact) mass is 193 g/mol. The maximum absolute atomic E-state index is 5.66. The minimum absolute atomic E-state index is 0.147. The van der Waals surface area contributed by atoms with Crippen LogP contribution in [0.4, 0.5) is 0 Å². The lowest BCUT2D eigenvalue weighted by atomic mass is 9.94. The first-order valence-electron chi connectivity index (χ1n) is 5.01. The van der Waals surface area contributed by atoms with Crippen molar-refractivity contribution in [3.63, 3.8) is 0 Å². The Morgan fingerprint density at radius 1 is 1.57 bits per heavy atom. The fourth-order valence-electron chi connectivity index (χ4n) is 1.62. The minimum Gasteiger partial charge on any atom is -0.339 e. The van der Waals surface area contributed by atoms with Crippen molar-refractivity contribution in [2.24, 2.45) is 5.73 Å². The van der Waals surface area contributed by atoms with E-state index < -0.39 is 0 Å². The average molecular weight is 193 g/mol. The summed E-state index contributed by atoms with van der Waals surface area (Å²) >= 11 is 0. The summed E-state index contributed by atoms with van der Waals surface area (Å²) < 4.78 is 5.19. The van der Waals surface area contributed by atoms with Crippen molar-refractivity contribution in [2.75, 3.05) is 0 Å². The Morgan fingerprint density at radius 2 is 2.43 bits per heavy atom. The molecule has 2 N–H and O–H groups in total. The van der Waals surface area contributed by atoms with Crippen molar-refractivity contribution in [3.05, 3.63) is 23.9 Å². The molecule has 76 valence electrons. The van der Waals surface area contributed by atoms with Crippen LogP contribution < -0.4 is 5.73 Å². The molecule has 0 amide bonds. The second kappa shape index (κ2) is 3.92. The van der Waals surface area contributed by atoms with E-state index in [4.69, 9.17) is 10.3 Å². The summed E-state index contributed by atoms with van der Waals surface area (Å²) in [6.07, 6.45) is 7.56. The number of allylic oxidation sites excluding steroid dienone is 2. The van der Waals surface area contributed by atoms with Gasteiger partial charge in [0.2, 0.25) is 5.89 Å². The molecule has 0 aromatic carbocycles. The summed E-state index contributed by atoms with van der Waals surface area (Å²) in [5.41, 5.74) is 5.66. The Hall–Kier alpha value is -1.16. The number of aromatic nitrogens is 2. The van der Waals surface area contributed by atoms with Gasteiger partial charge in [0.15, 0.2) is 5.82 Å². The highest BCUT2D eigenvalue weighted by Crippen LogP contribution is 2.27. The SMILES string of the molecule is CC(N)c1noc(C2CC=CCC2)n1. The maximum atomic E-state index is 5.66. The normalized spacial score (nSPS) is 23.7. The van der Waals surface area contributed by atoms with Crippen molar-refractivity contribution in [1.82, 2.24) is 10.1 Å². The summed E-state index contributed by atoms with van der Waals surface area (Å²) in [7, 11) is 0. The van der Waals surface area contributed by atoms with Gasteiger partial charge in [0.25, 0.3) is 0 Å². The lowest BCUT2D eigenvalue weighted by Crippen LogP contribution is -2.07. The topological polar surface area (TPSA) is 64.9 Å². The smallest absolute Gasteiger partial charge is 0.230 e. The molecule has 0 radical (unpaired) electrons. The number of nitrogens with zero attached hydrogens (tertiary/aromatic N) is 2. The molecule has 1 aromatic heterocycles. The van der Waals surface area contributed by atoms with Gasteiger partial charge in [0.1, 0.15) is 0 Å². The fraction of sp³-hybridized carbons (Fsp3) is 0.600. The zero-order valence-corrected chi connectivity index (χ0v) is 8.31. The molecule has 2 atom stereocenters. The molecule has 0 aliphatic heterocycles. The Morgan fingerprint density at radius 3 is 3.00 bits per heavy atom. The van der Waals surface area contributed by atoms with Crippen molar-refractivity contribution in [3.8, 4) is 0 Å². The van der Waals surface area contributed by atoms with Gasteiger partial charge in [-0.2, -0.15) is 4.98 Å². The molecule has 2 unspecified atom stereocenters. The van der Waals surface area contributed by atoms with E-state index >= 15 is 0 Å². The van der Waals surface area contributed by atoms with E-state index in [1.165, 1.54) is 0 Å². The lowest BCUT2D eigenvalue weighted by molar-refractivity contribution is 0.339. The van der Waals surface area contributed by atoms with Gasteiger partial charge in [-0.05, 0) is 26.2 Å². The average Bonchev–Trinajstić information content (AvgIpc) is 2.68. The molecule has 0 fully saturated rings. The highest BCUT2D eigenvalue weighted by Gasteiger charge is 2.20. The summed E-state index contributed by atoms with van der Waals surface area (Å²) in [6.45, 7) is 1.86. The highest BCUT2D eigenvalue weighted by atomic mass is 16.5. The van der Waals surface area contributed by atoms with Crippen LogP contribution in [-0.2, 0) is 0 Å². The van der Waals surface area contributed by atoms with Crippen LogP contribution in [0, 0.1) is 0 Å². The Balaban J connectivity index is 2.12. The third-order valence-electron chi connectivity index (χ3n) is 2.48. The molecule has 1 aromatic rings. The van der Waals surface area contributed by atoms with Gasteiger partial charge in [0, 0.05) is 5.92 Å². The fourth-order valence-corrected chi connectivity index (χ4v) is 1.62. The number of rotatable bonds is 2. The van der Waals surface area contributed by atoms with Crippen molar-refractivity contribution in [2.45, 2.75) is 38.1 Å². The summed E-state index contributed by atoms with van der Waals surface area (Å²) in [6, 6.07) is -0.147. The molecule has 4 heteroatoms. The third-order valence-corrected chi connectivity index (χ3v) is 2.48. The molecule has 1 heterocycles. The summed E-state index contributed by atoms with van der Waals surface area (Å²) in [4.78, 5) is 4.30. The Labute approximate surface area is 83.2 Å². The summed E-state index contributed by atoms with van der Waals surface area (Å²) in [5.74, 6) is 1.73. The molecule has 4 nitrogen and oxygen atoms in total. The molecule has 0 saturated carbocycles. The van der Waals surface area contributed by atoms with E-state index in [-0.39, 0.29) is 6.04 Å². The van der Waals surface area contributed by atoms with Gasteiger partial charge >= 0.3 is 0 Å². The van der Waals surface area contributed by atoms with Crippen LogP contribution in [0.2, 0.25) is 0 Å². The molecular formula is C10H15N3O. The molecule has 1 aliphatic rings. The minimum atomic E-state index is -0.147. The van der Waals surface area contributed by atoms with Gasteiger partial charge in [0.05, 0.1) is 6.04 Å². The van der Waals surface area contributed by atoms with Crippen LogP contribution in [-0.4, -0.2) is 10.1 Å². The first-order valence-corrected chi connectivity index (χ1v) is 5.01. The van der Waals surface area contributed by atoms with Gasteiger partial charge < -0.3 is 10.3 Å². The lowest BCUT2D eigenvalue weighted by Gasteiger charge is -2.12. The quantitative estimate of drug-likeness (QED) is 0.729. The first kappa shape index (κ1) is 9.40. The van der Waals surface area contributed by atoms with Crippen molar-refractivity contribution < 1.29 is 4.52 Å². The largest absolute Gasteiger partial charge is 0.339 e. The molecule has 0 spiro atoms.